The van der Waals surface area contributed by atoms with Crippen molar-refractivity contribution in [1.82, 2.24) is 14.7 Å². The summed E-state index contributed by atoms with van der Waals surface area (Å²) in [7, 11) is 0. The first-order valence-electron chi connectivity index (χ1n) is 8.02. The normalized spacial score (nSPS) is 30.4. The van der Waals surface area contributed by atoms with Crippen molar-refractivity contribution in [2.75, 3.05) is 52.4 Å². The Hall–Kier alpha value is -0.690. The molecule has 0 aromatic heterocycles. The molecule has 0 aromatic carbocycles. The molecule has 6 heteroatoms. The van der Waals surface area contributed by atoms with Crippen LogP contribution in [0.1, 0.15) is 20.8 Å². The van der Waals surface area contributed by atoms with Gasteiger partial charge in [0.05, 0.1) is 24.9 Å². The third-order valence-corrected chi connectivity index (χ3v) is 4.46. The van der Waals surface area contributed by atoms with Crippen LogP contribution < -0.4 is 0 Å². The van der Waals surface area contributed by atoms with Crippen LogP contribution in [0.25, 0.3) is 0 Å². The maximum Gasteiger partial charge on any atom is 0.239 e. The molecule has 2 heterocycles. The molecular weight excluding hydrogens is 270 g/mol. The van der Waals surface area contributed by atoms with Crippen molar-refractivity contribution in [3.63, 3.8) is 0 Å². The van der Waals surface area contributed by atoms with E-state index < -0.39 is 0 Å². The fourth-order valence-corrected chi connectivity index (χ4v) is 3.29. The van der Waals surface area contributed by atoms with Gasteiger partial charge in [0, 0.05) is 45.8 Å². The van der Waals surface area contributed by atoms with E-state index in [2.05, 4.69) is 9.80 Å². The number of aliphatic hydroxyl groups is 1. The summed E-state index contributed by atoms with van der Waals surface area (Å²) in [6.45, 7) is 12.0. The van der Waals surface area contributed by atoms with Gasteiger partial charge in [-0.25, -0.2) is 0 Å². The lowest BCUT2D eigenvalue weighted by molar-refractivity contribution is -0.148. The number of morpholine rings is 1. The molecule has 0 spiro atoms. The van der Waals surface area contributed by atoms with Crippen molar-refractivity contribution in [2.24, 2.45) is 0 Å². The SMILES string of the molecule is CC1CN(C(=O)C(C)N2CCN(CCO)CC2)CC(C)O1. The number of carbonyl (C=O) groups is 1. The van der Waals surface area contributed by atoms with Crippen molar-refractivity contribution in [3.8, 4) is 0 Å². The minimum absolute atomic E-state index is 0.0706. The smallest absolute Gasteiger partial charge is 0.239 e. The minimum Gasteiger partial charge on any atom is -0.395 e. The van der Waals surface area contributed by atoms with E-state index in [9.17, 15) is 4.79 Å². The van der Waals surface area contributed by atoms with Crippen LogP contribution in [0.3, 0.4) is 0 Å². The predicted molar refractivity (Wildman–Crippen MR) is 81.1 cm³/mol. The van der Waals surface area contributed by atoms with Gasteiger partial charge < -0.3 is 14.7 Å². The monoisotopic (exact) mass is 299 g/mol. The molecule has 2 fully saturated rings. The average Bonchev–Trinajstić information content (AvgIpc) is 2.46. The number of amides is 1. The number of hydrogen-bond donors (Lipinski definition) is 1. The molecule has 1 N–H and O–H groups in total. The van der Waals surface area contributed by atoms with Gasteiger partial charge in [-0.2, -0.15) is 0 Å². The van der Waals surface area contributed by atoms with E-state index in [0.29, 0.717) is 13.1 Å². The molecule has 0 aliphatic carbocycles. The van der Waals surface area contributed by atoms with Crippen molar-refractivity contribution in [1.29, 1.82) is 0 Å². The van der Waals surface area contributed by atoms with Crippen LogP contribution in [0.15, 0.2) is 0 Å². The number of piperazine rings is 1. The number of aliphatic hydroxyl groups excluding tert-OH is 1. The van der Waals surface area contributed by atoms with Crippen molar-refractivity contribution >= 4 is 5.91 Å². The second-order valence-corrected chi connectivity index (χ2v) is 6.28. The third-order valence-electron chi connectivity index (χ3n) is 4.46. The van der Waals surface area contributed by atoms with Crippen LogP contribution in [-0.4, -0.2) is 96.4 Å². The van der Waals surface area contributed by atoms with Crippen LogP contribution in [0, 0.1) is 0 Å². The zero-order valence-electron chi connectivity index (χ0n) is 13.5. The van der Waals surface area contributed by atoms with Gasteiger partial charge in [-0.05, 0) is 20.8 Å². The molecule has 3 atom stereocenters. The van der Waals surface area contributed by atoms with Crippen LogP contribution in [0.2, 0.25) is 0 Å². The highest BCUT2D eigenvalue weighted by Crippen LogP contribution is 2.15. The fourth-order valence-electron chi connectivity index (χ4n) is 3.29. The number of rotatable bonds is 4. The maximum atomic E-state index is 12.7. The largest absolute Gasteiger partial charge is 0.395 e. The molecule has 1 amide bonds. The van der Waals surface area contributed by atoms with Gasteiger partial charge in [0.15, 0.2) is 0 Å². The summed E-state index contributed by atoms with van der Waals surface area (Å²) in [6, 6.07) is -0.0706. The summed E-state index contributed by atoms with van der Waals surface area (Å²) in [6.07, 6.45) is 0.234. The molecular formula is C15H29N3O3. The highest BCUT2D eigenvalue weighted by molar-refractivity contribution is 5.81. The molecule has 122 valence electrons. The van der Waals surface area contributed by atoms with Gasteiger partial charge in [-0.15, -0.1) is 0 Å². The van der Waals surface area contributed by atoms with Gasteiger partial charge in [0.2, 0.25) is 5.91 Å². The van der Waals surface area contributed by atoms with E-state index in [4.69, 9.17) is 9.84 Å². The molecule has 6 nitrogen and oxygen atoms in total. The van der Waals surface area contributed by atoms with E-state index in [0.717, 1.165) is 32.7 Å². The molecule has 2 rings (SSSR count). The number of β-amino-alcohol motifs (C(OH)–C–C–N with tert-alkyl or cyclic N) is 1. The molecule has 21 heavy (non-hydrogen) atoms. The second-order valence-electron chi connectivity index (χ2n) is 6.28. The summed E-state index contributed by atoms with van der Waals surface area (Å²) in [5.74, 6) is 0.215. The lowest BCUT2D eigenvalue weighted by Gasteiger charge is -2.41. The molecule has 2 aliphatic heterocycles. The van der Waals surface area contributed by atoms with E-state index in [1.54, 1.807) is 0 Å². The van der Waals surface area contributed by atoms with Gasteiger partial charge in [-0.3, -0.25) is 14.6 Å². The first-order chi connectivity index (χ1) is 10.0. The Bertz CT molecular complexity index is 335. The Morgan fingerprint density at radius 3 is 2.29 bits per heavy atom. The fraction of sp³-hybridized carbons (Fsp3) is 0.933. The predicted octanol–water partition coefficient (Wildman–Crippen LogP) is -0.379. The van der Waals surface area contributed by atoms with E-state index in [1.807, 2.05) is 25.7 Å². The number of ether oxygens (including phenoxy) is 1. The number of nitrogens with zero attached hydrogens (tertiary/aromatic N) is 3. The van der Waals surface area contributed by atoms with Gasteiger partial charge in [0.25, 0.3) is 0 Å². The third kappa shape index (κ3) is 4.39. The quantitative estimate of drug-likeness (QED) is 0.767. The zero-order valence-corrected chi connectivity index (χ0v) is 13.5. The second kappa shape index (κ2) is 7.54. The maximum absolute atomic E-state index is 12.7. The Kier molecular flexibility index (Phi) is 5.98. The van der Waals surface area contributed by atoms with Crippen molar-refractivity contribution in [3.05, 3.63) is 0 Å². The molecule has 2 aliphatic rings. The lowest BCUT2D eigenvalue weighted by Crippen LogP contribution is -2.57. The van der Waals surface area contributed by atoms with Crippen LogP contribution in [0.5, 0.6) is 0 Å². The van der Waals surface area contributed by atoms with Crippen LogP contribution in [0.4, 0.5) is 0 Å². The first kappa shape index (κ1) is 16.7. The Labute approximate surface area is 127 Å². The number of hydrogen-bond acceptors (Lipinski definition) is 5. The van der Waals surface area contributed by atoms with E-state index in [-0.39, 0.29) is 30.8 Å². The Balaban J connectivity index is 1.85. The molecule has 0 aromatic rings. The first-order valence-corrected chi connectivity index (χ1v) is 8.02. The molecule has 0 radical (unpaired) electrons. The van der Waals surface area contributed by atoms with E-state index in [1.165, 1.54) is 0 Å². The van der Waals surface area contributed by atoms with Gasteiger partial charge in [-0.1, -0.05) is 0 Å². The minimum atomic E-state index is -0.0706. The summed E-state index contributed by atoms with van der Waals surface area (Å²) < 4.78 is 5.69. The summed E-state index contributed by atoms with van der Waals surface area (Å²) in [5, 5.41) is 8.97. The summed E-state index contributed by atoms with van der Waals surface area (Å²) in [5.41, 5.74) is 0. The molecule has 0 saturated carbocycles. The zero-order chi connectivity index (χ0) is 15.4. The van der Waals surface area contributed by atoms with Crippen molar-refractivity contribution < 1.29 is 14.6 Å². The Morgan fingerprint density at radius 1 is 1.19 bits per heavy atom. The molecule has 3 unspecified atom stereocenters. The van der Waals surface area contributed by atoms with Crippen LogP contribution in [-0.2, 0) is 9.53 Å². The highest BCUT2D eigenvalue weighted by Gasteiger charge is 2.32. The topological polar surface area (TPSA) is 56.3 Å². The van der Waals surface area contributed by atoms with Crippen LogP contribution >= 0.6 is 0 Å². The summed E-state index contributed by atoms with van der Waals surface area (Å²) in [4.78, 5) is 19.1. The molecule has 2 saturated heterocycles. The highest BCUT2D eigenvalue weighted by atomic mass is 16.5. The van der Waals surface area contributed by atoms with Crippen molar-refractivity contribution in [2.45, 2.75) is 39.0 Å². The van der Waals surface area contributed by atoms with Gasteiger partial charge in [0.1, 0.15) is 0 Å². The standard InChI is InChI=1S/C15H29N3O3/c1-12-10-18(11-13(2)21-12)15(20)14(3)17-6-4-16(5-7-17)8-9-19/h12-14,19H,4-11H2,1-3H3. The lowest BCUT2D eigenvalue weighted by atomic mass is 10.1. The van der Waals surface area contributed by atoms with Gasteiger partial charge >= 0.3 is 0 Å². The van der Waals surface area contributed by atoms with E-state index >= 15 is 0 Å². The average molecular weight is 299 g/mol. The molecule has 0 bridgehead atoms. The summed E-state index contributed by atoms with van der Waals surface area (Å²) >= 11 is 0. The number of carbonyl (C=O) groups excluding carboxylic acids is 1. The Morgan fingerprint density at radius 2 is 1.76 bits per heavy atom.